The predicted octanol–water partition coefficient (Wildman–Crippen LogP) is 5.06. The molecule has 1 aromatic heterocycles. The van der Waals surface area contributed by atoms with Gasteiger partial charge in [-0.05, 0) is 30.9 Å². The van der Waals surface area contributed by atoms with Crippen LogP contribution in [0.4, 0.5) is 0 Å². The van der Waals surface area contributed by atoms with Crippen molar-refractivity contribution in [3.05, 3.63) is 33.1 Å². The normalized spacial score (nSPS) is 20.4. The third-order valence-corrected chi connectivity index (χ3v) is 6.44. The van der Waals surface area contributed by atoms with Gasteiger partial charge in [-0.2, -0.15) is 0 Å². The van der Waals surface area contributed by atoms with Crippen LogP contribution in [-0.2, 0) is 9.53 Å². The lowest BCUT2D eigenvalue weighted by atomic mass is 9.86. The second-order valence-corrected chi connectivity index (χ2v) is 8.26. The van der Waals surface area contributed by atoms with Crippen LogP contribution in [-0.4, -0.2) is 24.5 Å². The Morgan fingerprint density at radius 2 is 2.04 bits per heavy atom. The van der Waals surface area contributed by atoms with Crippen LogP contribution in [0.2, 0.25) is 10.0 Å². The van der Waals surface area contributed by atoms with E-state index in [1.807, 2.05) is 0 Å². The Kier molecular flexibility index (Phi) is 5.87. The minimum Gasteiger partial charge on any atom is -0.451 e. The zero-order valence-electron chi connectivity index (χ0n) is 13.8. The summed E-state index contributed by atoms with van der Waals surface area (Å²) in [5.41, 5.74) is 0. The molecule has 4 nitrogen and oxygen atoms in total. The van der Waals surface area contributed by atoms with E-state index < -0.39 is 5.97 Å². The molecular weight excluding hydrogens is 381 g/mol. The van der Waals surface area contributed by atoms with Crippen LogP contribution in [0.25, 0.3) is 10.1 Å². The van der Waals surface area contributed by atoms with Crippen LogP contribution in [0.15, 0.2) is 18.2 Å². The molecule has 1 saturated carbocycles. The fraction of sp³-hybridized carbons (Fsp3) is 0.444. The first-order chi connectivity index (χ1) is 12.0. The van der Waals surface area contributed by atoms with Crippen molar-refractivity contribution in [3.8, 4) is 0 Å². The predicted molar refractivity (Wildman–Crippen MR) is 102 cm³/mol. The molecule has 1 aromatic carbocycles. The summed E-state index contributed by atoms with van der Waals surface area (Å²) in [4.78, 5) is 24.6. The largest absolute Gasteiger partial charge is 0.451 e. The van der Waals surface area contributed by atoms with Gasteiger partial charge in [0, 0.05) is 21.2 Å². The molecule has 1 amide bonds. The summed E-state index contributed by atoms with van der Waals surface area (Å²) in [5.74, 6) is -0.406. The molecule has 1 heterocycles. The van der Waals surface area contributed by atoms with E-state index in [2.05, 4.69) is 12.2 Å². The standard InChI is InChI=1S/C18H19Cl2NO3S/c1-10-4-2-3-5-13(10)21-15(22)9-24-18(23)17-16(20)12-7-6-11(19)8-14(12)25-17/h6-8,10,13H,2-5,9H2,1H3,(H,21,22)/t10-,13-/m0/s1. The van der Waals surface area contributed by atoms with Crippen molar-refractivity contribution < 1.29 is 14.3 Å². The average molecular weight is 400 g/mol. The Morgan fingerprint density at radius 1 is 1.28 bits per heavy atom. The Morgan fingerprint density at radius 3 is 2.80 bits per heavy atom. The molecular formula is C18H19Cl2NO3S. The summed E-state index contributed by atoms with van der Waals surface area (Å²) < 4.78 is 5.96. The highest BCUT2D eigenvalue weighted by Gasteiger charge is 2.24. The Bertz CT molecular complexity index is 805. The summed E-state index contributed by atoms with van der Waals surface area (Å²) in [6, 6.07) is 5.40. The number of hydrogen-bond acceptors (Lipinski definition) is 4. The van der Waals surface area contributed by atoms with E-state index in [0.29, 0.717) is 16.0 Å². The smallest absolute Gasteiger partial charge is 0.350 e. The number of ether oxygens (including phenoxy) is 1. The van der Waals surface area contributed by atoms with Gasteiger partial charge in [0.2, 0.25) is 0 Å². The fourth-order valence-corrected chi connectivity index (χ4v) is 4.82. The quantitative estimate of drug-likeness (QED) is 0.730. The number of hydrogen-bond donors (Lipinski definition) is 1. The van der Waals surface area contributed by atoms with Gasteiger partial charge < -0.3 is 10.1 Å². The fourth-order valence-electron chi connectivity index (χ4n) is 3.15. The maximum atomic E-state index is 12.3. The first-order valence-corrected chi connectivity index (χ1v) is 9.87. The van der Waals surface area contributed by atoms with Gasteiger partial charge in [0.15, 0.2) is 6.61 Å². The van der Waals surface area contributed by atoms with Gasteiger partial charge in [0.25, 0.3) is 5.91 Å². The number of carbonyl (C=O) groups excluding carboxylic acids is 2. The summed E-state index contributed by atoms with van der Waals surface area (Å²) in [6.07, 6.45) is 4.42. The molecule has 7 heteroatoms. The molecule has 1 aliphatic rings. The lowest BCUT2D eigenvalue weighted by Crippen LogP contribution is -2.42. The van der Waals surface area contributed by atoms with Gasteiger partial charge in [0.1, 0.15) is 4.88 Å². The highest BCUT2D eigenvalue weighted by molar-refractivity contribution is 7.21. The molecule has 1 fully saturated rings. The molecule has 1 aliphatic carbocycles. The average Bonchev–Trinajstić information content (AvgIpc) is 2.91. The molecule has 134 valence electrons. The van der Waals surface area contributed by atoms with E-state index in [1.165, 1.54) is 17.8 Å². The third kappa shape index (κ3) is 4.27. The van der Waals surface area contributed by atoms with Gasteiger partial charge in [-0.15, -0.1) is 11.3 Å². The number of thiophene rings is 1. The van der Waals surface area contributed by atoms with Crippen molar-refractivity contribution in [1.29, 1.82) is 0 Å². The van der Waals surface area contributed by atoms with E-state index in [0.717, 1.165) is 29.3 Å². The lowest BCUT2D eigenvalue weighted by molar-refractivity contribution is -0.125. The second kappa shape index (κ2) is 7.94. The van der Waals surface area contributed by atoms with E-state index in [1.54, 1.807) is 18.2 Å². The first-order valence-electron chi connectivity index (χ1n) is 8.29. The summed E-state index contributed by atoms with van der Waals surface area (Å²) in [6.45, 7) is 1.84. The minimum absolute atomic E-state index is 0.162. The lowest BCUT2D eigenvalue weighted by Gasteiger charge is -2.29. The van der Waals surface area contributed by atoms with Crippen molar-refractivity contribution in [2.75, 3.05) is 6.61 Å². The molecule has 0 spiro atoms. The van der Waals surface area contributed by atoms with Crippen LogP contribution >= 0.6 is 34.5 Å². The summed E-state index contributed by atoms with van der Waals surface area (Å²) >= 11 is 13.4. The molecule has 0 unspecified atom stereocenters. The molecule has 0 aliphatic heterocycles. The van der Waals surface area contributed by atoms with Crippen LogP contribution in [0.1, 0.15) is 42.3 Å². The van der Waals surface area contributed by atoms with E-state index in [4.69, 9.17) is 27.9 Å². The van der Waals surface area contributed by atoms with Gasteiger partial charge in [-0.25, -0.2) is 4.79 Å². The number of rotatable bonds is 4. The monoisotopic (exact) mass is 399 g/mol. The Labute approximate surface area is 160 Å². The molecule has 2 atom stereocenters. The van der Waals surface area contributed by atoms with Crippen LogP contribution in [0, 0.1) is 5.92 Å². The van der Waals surface area contributed by atoms with E-state index in [-0.39, 0.29) is 23.4 Å². The topological polar surface area (TPSA) is 55.4 Å². The van der Waals surface area contributed by atoms with Crippen molar-refractivity contribution in [2.45, 2.75) is 38.6 Å². The Hall–Kier alpha value is -1.30. The van der Waals surface area contributed by atoms with Gasteiger partial charge in [-0.1, -0.05) is 49.0 Å². The molecule has 0 radical (unpaired) electrons. The molecule has 25 heavy (non-hydrogen) atoms. The highest BCUT2D eigenvalue weighted by Crippen LogP contribution is 2.37. The Balaban J connectivity index is 1.60. The first kappa shape index (κ1) is 18.5. The number of benzene rings is 1. The van der Waals surface area contributed by atoms with Crippen LogP contribution in [0.3, 0.4) is 0 Å². The molecule has 3 rings (SSSR count). The van der Waals surface area contributed by atoms with Crippen molar-refractivity contribution in [1.82, 2.24) is 5.32 Å². The molecule has 2 aromatic rings. The van der Waals surface area contributed by atoms with Crippen molar-refractivity contribution in [3.63, 3.8) is 0 Å². The maximum Gasteiger partial charge on any atom is 0.350 e. The molecule has 0 saturated heterocycles. The number of nitrogens with one attached hydrogen (secondary N) is 1. The number of halogens is 2. The zero-order chi connectivity index (χ0) is 18.0. The van der Waals surface area contributed by atoms with Gasteiger partial charge in [0.05, 0.1) is 5.02 Å². The van der Waals surface area contributed by atoms with Crippen molar-refractivity contribution in [2.24, 2.45) is 5.92 Å². The molecule has 0 bridgehead atoms. The van der Waals surface area contributed by atoms with Gasteiger partial charge in [-0.3, -0.25) is 4.79 Å². The molecule has 1 N–H and O–H groups in total. The number of carbonyl (C=O) groups is 2. The van der Waals surface area contributed by atoms with Crippen molar-refractivity contribution >= 4 is 56.5 Å². The van der Waals surface area contributed by atoms with Crippen LogP contribution in [0.5, 0.6) is 0 Å². The van der Waals surface area contributed by atoms with E-state index >= 15 is 0 Å². The number of amides is 1. The number of fused-ring (bicyclic) bond motifs is 1. The minimum atomic E-state index is -0.589. The SMILES string of the molecule is C[C@H]1CCCC[C@@H]1NC(=O)COC(=O)c1sc2cc(Cl)ccc2c1Cl. The third-order valence-electron chi connectivity index (χ3n) is 4.57. The van der Waals surface area contributed by atoms with E-state index in [9.17, 15) is 9.59 Å². The summed E-state index contributed by atoms with van der Waals surface area (Å²) in [5, 5.41) is 4.63. The van der Waals surface area contributed by atoms with Crippen LogP contribution < -0.4 is 5.32 Å². The highest BCUT2D eigenvalue weighted by atomic mass is 35.5. The second-order valence-electron chi connectivity index (χ2n) is 6.40. The number of esters is 1. The summed E-state index contributed by atoms with van der Waals surface area (Å²) in [7, 11) is 0. The zero-order valence-corrected chi connectivity index (χ0v) is 16.1. The van der Waals surface area contributed by atoms with Gasteiger partial charge >= 0.3 is 5.97 Å². The maximum absolute atomic E-state index is 12.3.